The number of nitrogens with zero attached hydrogens (tertiary/aromatic N) is 3. The van der Waals surface area contributed by atoms with Gasteiger partial charge in [-0.15, -0.1) is 12.4 Å². The Balaban J connectivity index is 0.00000264. The van der Waals surface area contributed by atoms with Gasteiger partial charge in [0, 0.05) is 45.1 Å². The summed E-state index contributed by atoms with van der Waals surface area (Å²) in [6, 6.07) is 0.571. The molecule has 6 nitrogen and oxygen atoms in total. The molecule has 0 spiro atoms. The van der Waals surface area contributed by atoms with E-state index in [0.29, 0.717) is 19.3 Å². The normalized spacial score (nSPS) is 19.7. The van der Waals surface area contributed by atoms with Crippen LogP contribution in [0.3, 0.4) is 0 Å². The fourth-order valence-corrected chi connectivity index (χ4v) is 3.05. The molecule has 2 aliphatic rings. The van der Waals surface area contributed by atoms with E-state index in [2.05, 4.69) is 16.6 Å². The molecular formula is C16H28ClN3O3. The second-order valence-electron chi connectivity index (χ2n) is 5.70. The molecule has 132 valence electrons. The molecule has 2 aliphatic heterocycles. The van der Waals surface area contributed by atoms with Crippen molar-refractivity contribution in [3.05, 3.63) is 12.7 Å². The lowest BCUT2D eigenvalue weighted by Crippen LogP contribution is -2.49. The van der Waals surface area contributed by atoms with E-state index >= 15 is 0 Å². The van der Waals surface area contributed by atoms with Crippen molar-refractivity contribution in [2.45, 2.75) is 38.6 Å². The van der Waals surface area contributed by atoms with Crippen LogP contribution in [0.15, 0.2) is 17.8 Å². The summed E-state index contributed by atoms with van der Waals surface area (Å²) in [4.78, 5) is 21.2. The standard InChI is InChI=1S/C16H27N3O3.ClH/c1-3-13-22-17-14-5-9-18(10-6-14)15-7-11-19(12-8-15)16(20)21-4-2;/h3,15H,1,4-13H2,2H3;1H. The van der Waals surface area contributed by atoms with Crippen molar-refractivity contribution in [1.29, 1.82) is 0 Å². The average molecular weight is 346 g/mol. The second kappa shape index (κ2) is 10.5. The van der Waals surface area contributed by atoms with Gasteiger partial charge < -0.3 is 14.5 Å². The Labute approximate surface area is 144 Å². The van der Waals surface area contributed by atoms with Crippen molar-refractivity contribution in [1.82, 2.24) is 9.80 Å². The van der Waals surface area contributed by atoms with E-state index in [9.17, 15) is 4.79 Å². The fourth-order valence-electron chi connectivity index (χ4n) is 3.05. The number of oxime groups is 1. The molecule has 0 bridgehead atoms. The number of hydrogen-bond acceptors (Lipinski definition) is 5. The number of hydrogen-bond donors (Lipinski definition) is 0. The summed E-state index contributed by atoms with van der Waals surface area (Å²) in [5.41, 5.74) is 1.14. The topological polar surface area (TPSA) is 54.4 Å². The van der Waals surface area contributed by atoms with Crippen LogP contribution in [0.5, 0.6) is 0 Å². The molecule has 2 heterocycles. The van der Waals surface area contributed by atoms with E-state index in [-0.39, 0.29) is 18.5 Å². The number of halogens is 1. The maximum absolute atomic E-state index is 11.7. The monoisotopic (exact) mass is 345 g/mol. The molecule has 0 radical (unpaired) electrons. The molecule has 23 heavy (non-hydrogen) atoms. The summed E-state index contributed by atoms with van der Waals surface area (Å²) >= 11 is 0. The molecule has 0 aliphatic carbocycles. The van der Waals surface area contributed by atoms with E-state index in [4.69, 9.17) is 9.57 Å². The Morgan fingerprint density at radius 3 is 2.52 bits per heavy atom. The van der Waals surface area contributed by atoms with Gasteiger partial charge in [0.2, 0.25) is 0 Å². The Kier molecular flexibility index (Phi) is 9.02. The van der Waals surface area contributed by atoms with Crippen LogP contribution in [-0.4, -0.2) is 67.0 Å². The lowest BCUT2D eigenvalue weighted by molar-refractivity contribution is 0.0739. The van der Waals surface area contributed by atoms with Crippen molar-refractivity contribution < 1.29 is 14.4 Å². The van der Waals surface area contributed by atoms with Gasteiger partial charge in [-0.2, -0.15) is 0 Å². The lowest BCUT2D eigenvalue weighted by atomic mass is 9.99. The number of piperidine rings is 2. The average Bonchev–Trinajstić information content (AvgIpc) is 2.56. The molecule has 2 rings (SSSR count). The smallest absolute Gasteiger partial charge is 0.409 e. The first-order valence-corrected chi connectivity index (χ1v) is 8.19. The summed E-state index contributed by atoms with van der Waals surface area (Å²) in [6.07, 6.45) is 5.52. The lowest BCUT2D eigenvalue weighted by Gasteiger charge is -2.39. The molecular weight excluding hydrogens is 318 g/mol. The third kappa shape index (κ3) is 6.03. The highest BCUT2D eigenvalue weighted by atomic mass is 35.5. The van der Waals surface area contributed by atoms with E-state index in [1.165, 1.54) is 0 Å². The minimum Gasteiger partial charge on any atom is -0.450 e. The molecule has 7 heteroatoms. The summed E-state index contributed by atoms with van der Waals surface area (Å²) in [6.45, 7) is 10.0. The van der Waals surface area contributed by atoms with E-state index in [0.717, 1.165) is 57.6 Å². The number of carbonyl (C=O) groups is 1. The predicted molar refractivity (Wildman–Crippen MR) is 93.3 cm³/mol. The first-order valence-electron chi connectivity index (χ1n) is 8.19. The molecule has 0 aromatic rings. The first-order chi connectivity index (χ1) is 10.7. The van der Waals surface area contributed by atoms with E-state index in [1.54, 1.807) is 6.08 Å². The van der Waals surface area contributed by atoms with Crippen molar-refractivity contribution in [2.75, 3.05) is 39.4 Å². The molecule has 2 fully saturated rings. The van der Waals surface area contributed by atoms with Crippen molar-refractivity contribution >= 4 is 24.2 Å². The summed E-state index contributed by atoms with van der Waals surface area (Å²) in [7, 11) is 0. The van der Waals surface area contributed by atoms with Crippen molar-refractivity contribution in [3.63, 3.8) is 0 Å². The van der Waals surface area contributed by atoms with Crippen LogP contribution < -0.4 is 0 Å². The van der Waals surface area contributed by atoms with Gasteiger partial charge in [0.05, 0.1) is 12.3 Å². The fraction of sp³-hybridized carbons (Fsp3) is 0.750. The molecule has 0 atom stereocenters. The largest absolute Gasteiger partial charge is 0.450 e. The first kappa shape index (κ1) is 19.8. The predicted octanol–water partition coefficient (Wildman–Crippen LogP) is 2.68. The van der Waals surface area contributed by atoms with Crippen LogP contribution in [0.25, 0.3) is 0 Å². The Hall–Kier alpha value is -1.27. The van der Waals surface area contributed by atoms with Crippen LogP contribution in [0, 0.1) is 0 Å². The van der Waals surface area contributed by atoms with Crippen LogP contribution in [0.1, 0.15) is 32.6 Å². The van der Waals surface area contributed by atoms with Crippen LogP contribution in [-0.2, 0) is 9.57 Å². The zero-order valence-corrected chi connectivity index (χ0v) is 14.7. The van der Waals surface area contributed by atoms with Gasteiger partial charge in [-0.25, -0.2) is 4.79 Å². The second-order valence-corrected chi connectivity index (χ2v) is 5.70. The molecule has 0 unspecified atom stereocenters. The number of amides is 1. The van der Waals surface area contributed by atoms with Gasteiger partial charge in [-0.05, 0) is 19.8 Å². The summed E-state index contributed by atoms with van der Waals surface area (Å²) in [5.74, 6) is 0. The molecule has 2 saturated heterocycles. The Morgan fingerprint density at radius 2 is 1.96 bits per heavy atom. The van der Waals surface area contributed by atoms with Gasteiger partial charge in [-0.1, -0.05) is 17.8 Å². The summed E-state index contributed by atoms with van der Waals surface area (Å²) in [5, 5.41) is 4.16. The minimum atomic E-state index is -0.173. The van der Waals surface area contributed by atoms with Gasteiger partial charge in [0.25, 0.3) is 0 Å². The zero-order valence-electron chi connectivity index (χ0n) is 13.9. The molecule has 0 saturated carbocycles. The zero-order chi connectivity index (χ0) is 15.8. The van der Waals surface area contributed by atoms with Gasteiger partial charge >= 0.3 is 6.09 Å². The minimum absolute atomic E-state index is 0. The number of likely N-dealkylation sites (tertiary alicyclic amines) is 2. The molecule has 1 amide bonds. The third-order valence-electron chi connectivity index (χ3n) is 4.27. The highest BCUT2D eigenvalue weighted by Gasteiger charge is 2.29. The quantitative estimate of drug-likeness (QED) is 0.437. The molecule has 0 aromatic heterocycles. The Morgan fingerprint density at radius 1 is 1.30 bits per heavy atom. The van der Waals surface area contributed by atoms with Gasteiger partial charge in [0.15, 0.2) is 0 Å². The van der Waals surface area contributed by atoms with Crippen molar-refractivity contribution in [3.8, 4) is 0 Å². The van der Waals surface area contributed by atoms with Crippen molar-refractivity contribution in [2.24, 2.45) is 5.16 Å². The molecule has 0 N–H and O–H groups in total. The number of ether oxygens (including phenoxy) is 1. The number of rotatable bonds is 5. The number of carbonyl (C=O) groups excluding carboxylic acids is 1. The maximum atomic E-state index is 11.7. The van der Waals surface area contributed by atoms with Crippen LogP contribution >= 0.6 is 12.4 Å². The maximum Gasteiger partial charge on any atom is 0.409 e. The van der Waals surface area contributed by atoms with E-state index in [1.807, 2.05) is 11.8 Å². The summed E-state index contributed by atoms with van der Waals surface area (Å²) < 4.78 is 5.06. The highest BCUT2D eigenvalue weighted by molar-refractivity contribution is 5.85. The van der Waals surface area contributed by atoms with Crippen LogP contribution in [0.4, 0.5) is 4.79 Å². The van der Waals surface area contributed by atoms with Gasteiger partial charge in [-0.3, -0.25) is 4.90 Å². The molecule has 0 aromatic carbocycles. The third-order valence-corrected chi connectivity index (χ3v) is 4.27. The van der Waals surface area contributed by atoms with Gasteiger partial charge in [0.1, 0.15) is 6.61 Å². The van der Waals surface area contributed by atoms with E-state index < -0.39 is 0 Å². The Bertz CT molecular complexity index is 399. The van der Waals surface area contributed by atoms with Crippen LogP contribution in [0.2, 0.25) is 0 Å². The highest BCUT2D eigenvalue weighted by Crippen LogP contribution is 2.20. The SMILES string of the molecule is C=CCON=C1CCN(C2CCN(C(=O)OCC)CC2)CC1.Cl.